The van der Waals surface area contributed by atoms with E-state index >= 15 is 0 Å². The van der Waals surface area contributed by atoms with Crippen LogP contribution in [0.3, 0.4) is 0 Å². The predicted octanol–water partition coefficient (Wildman–Crippen LogP) is 6.08. The van der Waals surface area contributed by atoms with E-state index in [0.29, 0.717) is 34.1 Å². The zero-order chi connectivity index (χ0) is 17.6. The average Bonchev–Trinajstić information content (AvgIpc) is 2.97. The van der Waals surface area contributed by atoms with E-state index in [2.05, 4.69) is 4.98 Å². The van der Waals surface area contributed by atoms with Crippen LogP contribution < -0.4 is 0 Å². The number of carbonyl (C=O) groups excluding carboxylic acids is 1. The van der Waals surface area contributed by atoms with E-state index in [9.17, 15) is 4.79 Å². The number of nitrogens with zero attached hydrogens (tertiary/aromatic N) is 1. The van der Waals surface area contributed by atoms with Crippen molar-refractivity contribution in [3.63, 3.8) is 0 Å². The summed E-state index contributed by atoms with van der Waals surface area (Å²) in [5.74, 6) is 3.57. The highest BCUT2D eigenvalue weighted by molar-refractivity contribution is 7.99. The standard InChI is InChI=1S/C20H24ClNO2S/c1-14-19(22-20(24-14)17-9-5-6-10-18(17)21)13-25-12-16(23)11-15-7-3-2-4-8-15/h5-6,9-10,15H,2-4,7-8,11-13H2,1H3. The normalized spacial score (nSPS) is 15.4. The molecule has 134 valence electrons. The van der Waals surface area contributed by atoms with E-state index in [1.807, 2.05) is 31.2 Å². The number of benzene rings is 1. The maximum atomic E-state index is 12.2. The van der Waals surface area contributed by atoms with Gasteiger partial charge >= 0.3 is 0 Å². The Hall–Kier alpha value is -1.26. The van der Waals surface area contributed by atoms with Gasteiger partial charge in [-0.3, -0.25) is 4.79 Å². The Bertz CT molecular complexity index is 722. The SMILES string of the molecule is Cc1oc(-c2ccccc2Cl)nc1CSCC(=O)CC1CCCCC1. The largest absolute Gasteiger partial charge is 0.441 e. The van der Waals surface area contributed by atoms with Gasteiger partial charge in [0.2, 0.25) is 5.89 Å². The highest BCUT2D eigenvalue weighted by Crippen LogP contribution is 2.30. The summed E-state index contributed by atoms with van der Waals surface area (Å²) in [6, 6.07) is 7.53. The Morgan fingerprint density at radius 2 is 2.04 bits per heavy atom. The van der Waals surface area contributed by atoms with Crippen molar-refractivity contribution in [2.45, 2.75) is 51.2 Å². The van der Waals surface area contributed by atoms with Gasteiger partial charge in [0, 0.05) is 12.2 Å². The van der Waals surface area contributed by atoms with Gasteiger partial charge in [-0.25, -0.2) is 4.98 Å². The van der Waals surface area contributed by atoms with Crippen molar-refractivity contribution in [3.8, 4) is 11.5 Å². The number of ketones is 1. The molecule has 0 aliphatic heterocycles. The van der Waals surface area contributed by atoms with Gasteiger partial charge in [0.25, 0.3) is 0 Å². The topological polar surface area (TPSA) is 43.1 Å². The number of rotatable bonds is 7. The van der Waals surface area contributed by atoms with Crippen LogP contribution in [0.1, 0.15) is 50.0 Å². The summed E-state index contributed by atoms with van der Waals surface area (Å²) in [4.78, 5) is 16.7. The monoisotopic (exact) mass is 377 g/mol. The van der Waals surface area contributed by atoms with Crippen LogP contribution in [-0.4, -0.2) is 16.5 Å². The molecule has 0 radical (unpaired) electrons. The minimum Gasteiger partial charge on any atom is -0.441 e. The van der Waals surface area contributed by atoms with Crippen LogP contribution in [0, 0.1) is 12.8 Å². The summed E-state index contributed by atoms with van der Waals surface area (Å²) in [7, 11) is 0. The number of thioether (sulfide) groups is 1. The first-order chi connectivity index (χ1) is 12.1. The first-order valence-electron chi connectivity index (χ1n) is 8.94. The van der Waals surface area contributed by atoms with Crippen LogP contribution in [0.2, 0.25) is 5.02 Å². The van der Waals surface area contributed by atoms with E-state index in [1.165, 1.54) is 32.1 Å². The van der Waals surface area contributed by atoms with Gasteiger partial charge in [0.1, 0.15) is 11.5 Å². The predicted molar refractivity (Wildman–Crippen MR) is 104 cm³/mol. The van der Waals surface area contributed by atoms with Crippen LogP contribution in [-0.2, 0) is 10.5 Å². The minimum absolute atomic E-state index is 0.365. The Morgan fingerprint density at radius 1 is 1.28 bits per heavy atom. The number of hydrogen-bond donors (Lipinski definition) is 0. The molecule has 1 saturated carbocycles. The second-order valence-corrected chi connectivity index (χ2v) is 8.13. The first-order valence-corrected chi connectivity index (χ1v) is 10.5. The van der Waals surface area contributed by atoms with Crippen molar-refractivity contribution < 1.29 is 9.21 Å². The Balaban J connectivity index is 1.52. The number of oxazole rings is 1. The van der Waals surface area contributed by atoms with Crippen LogP contribution in [0.15, 0.2) is 28.7 Å². The van der Waals surface area contributed by atoms with Crippen molar-refractivity contribution in [2.75, 3.05) is 5.75 Å². The third-order valence-electron chi connectivity index (χ3n) is 4.74. The van der Waals surface area contributed by atoms with Crippen LogP contribution in [0.25, 0.3) is 11.5 Å². The Labute approximate surface area is 158 Å². The molecule has 1 aliphatic rings. The number of halogens is 1. The van der Waals surface area contributed by atoms with Crippen molar-refractivity contribution in [3.05, 3.63) is 40.7 Å². The average molecular weight is 378 g/mol. The second kappa shape index (κ2) is 8.91. The maximum absolute atomic E-state index is 12.2. The molecule has 0 unspecified atom stereocenters. The van der Waals surface area contributed by atoms with Crippen molar-refractivity contribution in [1.29, 1.82) is 0 Å². The Kier molecular flexibility index (Phi) is 6.60. The molecular weight excluding hydrogens is 354 g/mol. The van der Waals surface area contributed by atoms with Crippen LogP contribution in [0.5, 0.6) is 0 Å². The molecule has 5 heteroatoms. The van der Waals surface area contributed by atoms with Gasteiger partial charge in [0.05, 0.1) is 22.0 Å². The van der Waals surface area contributed by atoms with Gasteiger partial charge in [-0.05, 0) is 25.0 Å². The third kappa shape index (κ3) is 5.11. The third-order valence-corrected chi connectivity index (χ3v) is 6.07. The van der Waals surface area contributed by atoms with Crippen molar-refractivity contribution in [2.24, 2.45) is 5.92 Å². The molecule has 25 heavy (non-hydrogen) atoms. The molecule has 1 fully saturated rings. The molecule has 3 rings (SSSR count). The summed E-state index contributed by atoms with van der Waals surface area (Å²) in [5.41, 5.74) is 1.70. The molecule has 1 aromatic carbocycles. The van der Waals surface area contributed by atoms with Gasteiger partial charge in [-0.15, -0.1) is 11.8 Å². The molecule has 2 aromatic rings. The van der Waals surface area contributed by atoms with E-state index in [4.69, 9.17) is 16.0 Å². The smallest absolute Gasteiger partial charge is 0.228 e. The van der Waals surface area contributed by atoms with Gasteiger partial charge in [0.15, 0.2) is 0 Å². The van der Waals surface area contributed by atoms with E-state index in [0.717, 1.165) is 23.4 Å². The number of aromatic nitrogens is 1. The summed E-state index contributed by atoms with van der Waals surface area (Å²) in [5, 5.41) is 0.630. The second-order valence-electron chi connectivity index (χ2n) is 6.74. The van der Waals surface area contributed by atoms with Crippen LogP contribution >= 0.6 is 23.4 Å². The van der Waals surface area contributed by atoms with Crippen molar-refractivity contribution in [1.82, 2.24) is 4.98 Å². The lowest BCUT2D eigenvalue weighted by atomic mass is 9.86. The number of Topliss-reactive ketones (excluding diaryl/α,β-unsaturated/α-hetero) is 1. The fourth-order valence-electron chi connectivity index (χ4n) is 3.35. The molecule has 0 amide bonds. The lowest BCUT2D eigenvalue weighted by Gasteiger charge is -2.20. The lowest BCUT2D eigenvalue weighted by Crippen LogP contribution is -2.13. The van der Waals surface area contributed by atoms with Gasteiger partial charge in [-0.2, -0.15) is 0 Å². The highest BCUT2D eigenvalue weighted by atomic mass is 35.5. The lowest BCUT2D eigenvalue weighted by molar-refractivity contribution is -0.117. The van der Waals surface area contributed by atoms with E-state index in [-0.39, 0.29) is 0 Å². The summed E-state index contributed by atoms with van der Waals surface area (Å²) < 4.78 is 5.77. The quantitative estimate of drug-likeness (QED) is 0.586. The molecule has 0 N–H and O–H groups in total. The van der Waals surface area contributed by atoms with Crippen molar-refractivity contribution >= 4 is 29.1 Å². The zero-order valence-electron chi connectivity index (χ0n) is 14.6. The molecule has 1 aliphatic carbocycles. The molecule has 0 atom stereocenters. The number of aryl methyl sites for hydroxylation is 1. The van der Waals surface area contributed by atoms with E-state index in [1.54, 1.807) is 11.8 Å². The van der Waals surface area contributed by atoms with Gasteiger partial charge < -0.3 is 4.42 Å². The highest BCUT2D eigenvalue weighted by Gasteiger charge is 2.18. The summed E-state index contributed by atoms with van der Waals surface area (Å²) in [6.07, 6.45) is 7.09. The van der Waals surface area contributed by atoms with E-state index < -0.39 is 0 Å². The molecule has 1 aromatic heterocycles. The first kappa shape index (κ1) is 18.5. The molecule has 0 bridgehead atoms. The molecule has 0 saturated heterocycles. The summed E-state index contributed by atoms with van der Waals surface area (Å²) in [6.45, 7) is 1.91. The fourth-order valence-corrected chi connectivity index (χ4v) is 4.47. The summed E-state index contributed by atoms with van der Waals surface area (Å²) >= 11 is 7.83. The molecule has 1 heterocycles. The Morgan fingerprint density at radius 3 is 2.80 bits per heavy atom. The van der Waals surface area contributed by atoms with Gasteiger partial charge in [-0.1, -0.05) is 55.8 Å². The molecule has 3 nitrogen and oxygen atoms in total. The molecular formula is C20H24ClNO2S. The maximum Gasteiger partial charge on any atom is 0.228 e. The molecule has 0 spiro atoms. The fraction of sp³-hybridized carbons (Fsp3) is 0.500. The van der Waals surface area contributed by atoms with Crippen LogP contribution in [0.4, 0.5) is 0 Å². The number of hydrogen-bond acceptors (Lipinski definition) is 4. The number of carbonyl (C=O) groups is 1. The zero-order valence-corrected chi connectivity index (χ0v) is 16.2. The minimum atomic E-state index is 0.365.